The lowest BCUT2D eigenvalue weighted by molar-refractivity contribution is -0.131. The van der Waals surface area contributed by atoms with E-state index in [1.807, 2.05) is 6.92 Å². The van der Waals surface area contributed by atoms with Crippen LogP contribution in [0.25, 0.3) is 0 Å². The molecule has 5 nitrogen and oxygen atoms in total. The molecule has 0 saturated heterocycles. The van der Waals surface area contributed by atoms with Gasteiger partial charge >= 0.3 is 5.97 Å². The lowest BCUT2D eigenvalue weighted by Crippen LogP contribution is -2.21. The third-order valence-electron chi connectivity index (χ3n) is 2.76. The van der Waals surface area contributed by atoms with E-state index in [0.29, 0.717) is 19.0 Å². The molecule has 0 spiro atoms. The molecule has 0 amide bonds. The van der Waals surface area contributed by atoms with Gasteiger partial charge in [0.25, 0.3) is 5.78 Å². The smallest absolute Gasteiger partial charge is 0.377 e. The minimum absolute atomic E-state index is 0.0512. The molecule has 0 saturated carbocycles. The normalized spacial score (nSPS) is 13.3. The highest BCUT2D eigenvalue weighted by molar-refractivity contribution is 6.40. The van der Waals surface area contributed by atoms with E-state index in [1.54, 1.807) is 6.92 Å². The van der Waals surface area contributed by atoms with Gasteiger partial charge in [0.1, 0.15) is 13.2 Å². The predicted octanol–water partition coefficient (Wildman–Crippen LogP) is 1.34. The number of ether oxygens (including phenoxy) is 2. The minimum Gasteiger partial charge on any atom is -0.486 e. The summed E-state index contributed by atoms with van der Waals surface area (Å²) in [6.07, 6.45) is 0. The van der Waals surface area contributed by atoms with Crippen molar-refractivity contribution in [2.45, 2.75) is 13.8 Å². The van der Waals surface area contributed by atoms with E-state index >= 15 is 0 Å². The molecule has 1 aliphatic rings. The van der Waals surface area contributed by atoms with E-state index in [1.165, 1.54) is 6.07 Å². The number of ketones is 1. The number of carboxylic acids is 1. The Hall–Kier alpha value is -2.04. The molecule has 1 aromatic rings. The Morgan fingerprint density at radius 2 is 1.76 bits per heavy atom. The average Bonchev–Trinajstić information content (AvgIpc) is 2.33. The summed E-state index contributed by atoms with van der Waals surface area (Å²) in [6, 6.07) is 1.53. The fourth-order valence-corrected chi connectivity index (χ4v) is 1.75. The lowest BCUT2D eigenvalue weighted by Gasteiger charge is -2.23. The number of carboxylic acid groups (broad SMARTS) is 1. The number of rotatable bonds is 2. The van der Waals surface area contributed by atoms with Crippen molar-refractivity contribution >= 4 is 11.8 Å². The Balaban J connectivity index is 2.64. The minimum atomic E-state index is -1.50. The van der Waals surface area contributed by atoms with Gasteiger partial charge in [-0.3, -0.25) is 4.79 Å². The summed E-state index contributed by atoms with van der Waals surface area (Å²) >= 11 is 0. The highest BCUT2D eigenvalue weighted by atomic mass is 16.6. The lowest BCUT2D eigenvalue weighted by atomic mass is 10.0. The first-order valence-corrected chi connectivity index (χ1v) is 5.19. The van der Waals surface area contributed by atoms with E-state index in [-0.39, 0.29) is 11.3 Å². The molecule has 90 valence electrons. The standard InChI is InChI=1S/C12H12O5/c1-6-5-8(9(13)12(14)15)11-10(7(6)2)16-3-4-17-11/h5H,3-4H2,1-2H3,(H,14,15). The number of Topliss-reactive ketones (excluding diaryl/α,β-unsaturated/α-hetero) is 1. The van der Waals surface area contributed by atoms with Crippen molar-refractivity contribution in [3.63, 3.8) is 0 Å². The molecule has 17 heavy (non-hydrogen) atoms. The first kappa shape index (κ1) is 11.4. The molecule has 0 fully saturated rings. The zero-order valence-electron chi connectivity index (χ0n) is 9.57. The van der Waals surface area contributed by atoms with E-state index < -0.39 is 11.8 Å². The summed E-state index contributed by atoms with van der Waals surface area (Å²) in [5.74, 6) is -1.76. The van der Waals surface area contributed by atoms with Gasteiger partial charge in [-0.2, -0.15) is 0 Å². The molecule has 1 N–H and O–H groups in total. The second-order valence-corrected chi connectivity index (χ2v) is 3.86. The number of aryl methyl sites for hydroxylation is 1. The van der Waals surface area contributed by atoms with Crippen LogP contribution in [0.4, 0.5) is 0 Å². The quantitative estimate of drug-likeness (QED) is 0.619. The van der Waals surface area contributed by atoms with Crippen molar-refractivity contribution in [3.05, 3.63) is 22.8 Å². The van der Waals surface area contributed by atoms with Crippen molar-refractivity contribution in [2.24, 2.45) is 0 Å². The Labute approximate surface area is 98.0 Å². The van der Waals surface area contributed by atoms with Crippen molar-refractivity contribution in [1.29, 1.82) is 0 Å². The van der Waals surface area contributed by atoms with Crippen molar-refractivity contribution < 1.29 is 24.2 Å². The number of carbonyl (C=O) groups is 2. The SMILES string of the molecule is Cc1cc(C(=O)C(=O)O)c2c(c1C)OCCO2. The van der Waals surface area contributed by atoms with Crippen LogP contribution in [0.3, 0.4) is 0 Å². The van der Waals surface area contributed by atoms with Gasteiger partial charge < -0.3 is 14.6 Å². The summed E-state index contributed by atoms with van der Waals surface area (Å²) in [7, 11) is 0. The van der Waals surface area contributed by atoms with Gasteiger partial charge in [0.2, 0.25) is 0 Å². The van der Waals surface area contributed by atoms with E-state index in [2.05, 4.69) is 0 Å². The van der Waals surface area contributed by atoms with E-state index in [0.717, 1.165) is 11.1 Å². The number of fused-ring (bicyclic) bond motifs is 1. The maximum absolute atomic E-state index is 11.5. The molecule has 2 rings (SSSR count). The van der Waals surface area contributed by atoms with Crippen LogP contribution in [-0.2, 0) is 4.79 Å². The fourth-order valence-electron chi connectivity index (χ4n) is 1.75. The van der Waals surface area contributed by atoms with Crippen LogP contribution in [0.1, 0.15) is 21.5 Å². The van der Waals surface area contributed by atoms with Crippen LogP contribution in [0.15, 0.2) is 6.07 Å². The van der Waals surface area contributed by atoms with Gasteiger partial charge in [-0.05, 0) is 31.0 Å². The van der Waals surface area contributed by atoms with Gasteiger partial charge in [0.05, 0.1) is 5.56 Å². The zero-order chi connectivity index (χ0) is 12.6. The molecule has 0 bridgehead atoms. The molecule has 0 atom stereocenters. The second-order valence-electron chi connectivity index (χ2n) is 3.86. The number of hydrogen-bond donors (Lipinski definition) is 1. The predicted molar refractivity (Wildman–Crippen MR) is 58.9 cm³/mol. The number of benzene rings is 1. The Bertz CT molecular complexity index is 504. The molecular formula is C12H12O5. The average molecular weight is 236 g/mol. The topological polar surface area (TPSA) is 72.8 Å². The Morgan fingerprint density at radius 1 is 1.18 bits per heavy atom. The van der Waals surface area contributed by atoms with Crippen LogP contribution in [0, 0.1) is 13.8 Å². The van der Waals surface area contributed by atoms with Crippen molar-refractivity contribution in [2.75, 3.05) is 13.2 Å². The van der Waals surface area contributed by atoms with E-state index in [9.17, 15) is 9.59 Å². The molecule has 5 heteroatoms. The van der Waals surface area contributed by atoms with Gasteiger partial charge in [-0.15, -0.1) is 0 Å². The van der Waals surface area contributed by atoms with Crippen LogP contribution in [-0.4, -0.2) is 30.1 Å². The first-order valence-electron chi connectivity index (χ1n) is 5.19. The summed E-state index contributed by atoms with van der Waals surface area (Å²) in [6.45, 7) is 4.36. The third-order valence-corrected chi connectivity index (χ3v) is 2.76. The Morgan fingerprint density at radius 3 is 2.35 bits per heavy atom. The van der Waals surface area contributed by atoms with Gasteiger partial charge in [-0.25, -0.2) is 4.79 Å². The van der Waals surface area contributed by atoms with Crippen molar-refractivity contribution in [1.82, 2.24) is 0 Å². The zero-order valence-corrected chi connectivity index (χ0v) is 9.57. The largest absolute Gasteiger partial charge is 0.486 e. The van der Waals surface area contributed by atoms with Gasteiger partial charge in [0.15, 0.2) is 11.5 Å². The van der Waals surface area contributed by atoms with Crippen LogP contribution >= 0.6 is 0 Å². The number of carbonyl (C=O) groups excluding carboxylic acids is 1. The molecule has 0 unspecified atom stereocenters. The Kier molecular flexibility index (Phi) is 2.75. The molecule has 0 aliphatic carbocycles. The monoisotopic (exact) mass is 236 g/mol. The van der Waals surface area contributed by atoms with Crippen LogP contribution < -0.4 is 9.47 Å². The maximum atomic E-state index is 11.5. The van der Waals surface area contributed by atoms with E-state index in [4.69, 9.17) is 14.6 Å². The second kappa shape index (κ2) is 4.08. The molecule has 0 aromatic heterocycles. The molecule has 0 radical (unpaired) electrons. The van der Waals surface area contributed by atoms with Gasteiger partial charge in [0, 0.05) is 0 Å². The highest BCUT2D eigenvalue weighted by Gasteiger charge is 2.27. The van der Waals surface area contributed by atoms with Crippen molar-refractivity contribution in [3.8, 4) is 11.5 Å². The first-order chi connectivity index (χ1) is 8.02. The highest BCUT2D eigenvalue weighted by Crippen LogP contribution is 2.39. The van der Waals surface area contributed by atoms with Crippen LogP contribution in [0.5, 0.6) is 11.5 Å². The maximum Gasteiger partial charge on any atom is 0.377 e. The number of aliphatic carboxylic acids is 1. The fraction of sp³-hybridized carbons (Fsp3) is 0.333. The molecule has 1 heterocycles. The summed E-state index contributed by atoms with van der Waals surface area (Å²) in [5, 5.41) is 8.75. The summed E-state index contributed by atoms with van der Waals surface area (Å²) in [4.78, 5) is 22.3. The van der Waals surface area contributed by atoms with Gasteiger partial charge in [-0.1, -0.05) is 0 Å². The summed E-state index contributed by atoms with van der Waals surface area (Å²) < 4.78 is 10.8. The molecule has 1 aromatic carbocycles. The summed E-state index contributed by atoms with van der Waals surface area (Å²) in [5.41, 5.74) is 1.72. The molecular weight excluding hydrogens is 224 g/mol. The number of hydrogen-bond acceptors (Lipinski definition) is 4. The molecule has 1 aliphatic heterocycles. The van der Waals surface area contributed by atoms with Crippen LogP contribution in [0.2, 0.25) is 0 Å². The third kappa shape index (κ3) is 1.84.